The molecule has 5 nitrogen and oxygen atoms in total. The zero-order valence-corrected chi connectivity index (χ0v) is 17.7. The van der Waals surface area contributed by atoms with Gasteiger partial charge in [0.25, 0.3) is 0 Å². The highest BCUT2D eigenvalue weighted by Gasteiger charge is 2.18. The van der Waals surface area contributed by atoms with Crippen molar-refractivity contribution in [2.24, 2.45) is 0 Å². The van der Waals surface area contributed by atoms with E-state index in [9.17, 15) is 4.79 Å². The number of methoxy groups -OCH3 is 1. The Balaban J connectivity index is 1.37. The van der Waals surface area contributed by atoms with Gasteiger partial charge in [0.15, 0.2) is 0 Å². The Kier molecular flexibility index (Phi) is 8.20. The van der Waals surface area contributed by atoms with Crippen molar-refractivity contribution in [2.75, 3.05) is 46.4 Å². The minimum Gasteiger partial charge on any atom is -0.497 e. The van der Waals surface area contributed by atoms with Gasteiger partial charge in [0, 0.05) is 44.2 Å². The third kappa shape index (κ3) is 6.94. The number of carbonyl (C=O) groups excluding carboxylic acids is 1. The van der Waals surface area contributed by atoms with Crippen molar-refractivity contribution in [3.05, 3.63) is 59.1 Å². The molecule has 0 N–H and O–H groups in total. The summed E-state index contributed by atoms with van der Waals surface area (Å²) in [5.41, 5.74) is 1.16. The van der Waals surface area contributed by atoms with Crippen molar-refractivity contribution >= 4 is 17.5 Å². The lowest BCUT2D eigenvalue weighted by atomic mass is 10.1. The van der Waals surface area contributed by atoms with Gasteiger partial charge < -0.3 is 14.4 Å². The summed E-state index contributed by atoms with van der Waals surface area (Å²) in [6.45, 7) is 4.98. The highest BCUT2D eigenvalue weighted by atomic mass is 35.5. The van der Waals surface area contributed by atoms with Crippen LogP contribution in [0, 0.1) is 0 Å². The molecule has 1 aliphatic heterocycles. The van der Waals surface area contributed by atoms with Gasteiger partial charge in [-0.15, -0.1) is 0 Å². The summed E-state index contributed by atoms with van der Waals surface area (Å²) in [6.07, 6.45) is 2.30. The Bertz CT molecular complexity index is 765. The summed E-state index contributed by atoms with van der Waals surface area (Å²) >= 11 is 5.89. The predicted molar refractivity (Wildman–Crippen MR) is 116 cm³/mol. The fraction of sp³-hybridized carbons (Fsp3) is 0.435. The lowest BCUT2D eigenvalue weighted by molar-refractivity contribution is -0.131. The number of rotatable bonds is 8. The molecule has 1 heterocycles. The number of halogens is 1. The first-order valence-corrected chi connectivity index (χ1v) is 10.5. The third-order valence-electron chi connectivity index (χ3n) is 5.22. The van der Waals surface area contributed by atoms with Crippen molar-refractivity contribution in [1.82, 2.24) is 9.80 Å². The Morgan fingerprint density at radius 2 is 1.69 bits per heavy atom. The van der Waals surface area contributed by atoms with Crippen LogP contribution in [0.4, 0.5) is 0 Å². The number of aryl methyl sites for hydroxylation is 1. The highest BCUT2D eigenvalue weighted by Crippen LogP contribution is 2.16. The molecule has 0 unspecified atom stereocenters. The zero-order valence-electron chi connectivity index (χ0n) is 17.0. The van der Waals surface area contributed by atoms with Gasteiger partial charge in [-0.05, 0) is 54.8 Å². The lowest BCUT2D eigenvalue weighted by Crippen LogP contribution is -2.36. The SMILES string of the molecule is COc1ccc(CCC(=O)N2CCCN(CCOc3ccc(Cl)cc3)CC2)cc1. The van der Waals surface area contributed by atoms with Gasteiger partial charge in [0.1, 0.15) is 18.1 Å². The average Bonchev–Trinajstić information content (AvgIpc) is 3.00. The minimum atomic E-state index is 0.236. The van der Waals surface area contributed by atoms with Gasteiger partial charge in [0.05, 0.1) is 7.11 Å². The number of hydrogen-bond acceptors (Lipinski definition) is 4. The summed E-state index contributed by atoms with van der Waals surface area (Å²) in [4.78, 5) is 17.0. The monoisotopic (exact) mass is 416 g/mol. The van der Waals surface area contributed by atoms with Crippen LogP contribution in [0.1, 0.15) is 18.4 Å². The van der Waals surface area contributed by atoms with Crippen LogP contribution in [0.15, 0.2) is 48.5 Å². The van der Waals surface area contributed by atoms with E-state index in [-0.39, 0.29) is 5.91 Å². The molecule has 1 aliphatic rings. The summed E-state index contributed by atoms with van der Waals surface area (Å²) < 4.78 is 11.0. The molecule has 0 spiro atoms. The van der Waals surface area contributed by atoms with Crippen molar-refractivity contribution in [3.8, 4) is 11.5 Å². The number of benzene rings is 2. The first-order valence-electron chi connectivity index (χ1n) is 10.2. The van der Waals surface area contributed by atoms with Gasteiger partial charge in [-0.3, -0.25) is 9.69 Å². The molecule has 3 rings (SSSR count). The van der Waals surface area contributed by atoms with Crippen LogP contribution in [-0.4, -0.2) is 62.1 Å². The summed E-state index contributed by atoms with van der Waals surface area (Å²) in [5, 5.41) is 0.710. The number of carbonyl (C=O) groups is 1. The first kappa shape index (κ1) is 21.5. The molecular formula is C23H29ClN2O3. The van der Waals surface area contributed by atoms with Crippen molar-refractivity contribution in [3.63, 3.8) is 0 Å². The summed E-state index contributed by atoms with van der Waals surface area (Å²) in [5.74, 6) is 1.91. The largest absolute Gasteiger partial charge is 0.497 e. The van der Waals surface area contributed by atoms with E-state index in [4.69, 9.17) is 21.1 Å². The molecule has 0 aromatic heterocycles. The molecule has 0 saturated carbocycles. The zero-order chi connectivity index (χ0) is 20.5. The molecule has 0 bridgehead atoms. The Hall–Kier alpha value is -2.24. The van der Waals surface area contributed by atoms with Crippen LogP contribution in [0.5, 0.6) is 11.5 Å². The van der Waals surface area contributed by atoms with Crippen LogP contribution < -0.4 is 9.47 Å². The summed E-state index contributed by atoms with van der Waals surface area (Å²) in [7, 11) is 1.66. The smallest absolute Gasteiger partial charge is 0.222 e. The van der Waals surface area contributed by atoms with Crippen LogP contribution in [0.2, 0.25) is 5.02 Å². The summed E-state index contributed by atoms with van der Waals surface area (Å²) in [6, 6.07) is 15.4. The molecule has 6 heteroatoms. The lowest BCUT2D eigenvalue weighted by Gasteiger charge is -2.22. The molecule has 1 fully saturated rings. The van der Waals surface area contributed by atoms with E-state index < -0.39 is 0 Å². The van der Waals surface area contributed by atoms with Crippen LogP contribution in [-0.2, 0) is 11.2 Å². The minimum absolute atomic E-state index is 0.236. The van der Waals surface area contributed by atoms with Crippen molar-refractivity contribution in [1.29, 1.82) is 0 Å². The maximum atomic E-state index is 12.6. The second-order valence-corrected chi connectivity index (χ2v) is 7.66. The Morgan fingerprint density at radius 3 is 2.41 bits per heavy atom. The van der Waals surface area contributed by atoms with Gasteiger partial charge in [0.2, 0.25) is 5.91 Å². The number of amides is 1. The first-order chi connectivity index (χ1) is 14.1. The maximum Gasteiger partial charge on any atom is 0.222 e. The number of nitrogens with zero attached hydrogens (tertiary/aromatic N) is 2. The molecule has 2 aromatic carbocycles. The van der Waals surface area contributed by atoms with Crippen molar-refractivity contribution in [2.45, 2.75) is 19.3 Å². The van der Waals surface area contributed by atoms with E-state index in [1.807, 2.05) is 53.4 Å². The normalized spacial score (nSPS) is 15.0. The Labute approximate surface area is 178 Å². The van der Waals surface area contributed by atoms with E-state index in [1.54, 1.807) is 7.11 Å². The van der Waals surface area contributed by atoms with E-state index in [0.717, 1.165) is 62.6 Å². The predicted octanol–water partition coefficient (Wildman–Crippen LogP) is 3.89. The Morgan fingerprint density at radius 1 is 0.966 bits per heavy atom. The van der Waals surface area contributed by atoms with Gasteiger partial charge in [-0.2, -0.15) is 0 Å². The van der Waals surface area contributed by atoms with E-state index in [0.29, 0.717) is 18.1 Å². The topological polar surface area (TPSA) is 42.0 Å². The molecular weight excluding hydrogens is 388 g/mol. The molecule has 1 amide bonds. The quantitative estimate of drug-likeness (QED) is 0.654. The molecule has 0 aliphatic carbocycles. The molecule has 2 aromatic rings. The van der Waals surface area contributed by atoms with E-state index in [1.165, 1.54) is 0 Å². The standard InChI is InChI=1S/C23H29ClN2O3/c1-28-21-8-3-19(4-9-21)5-12-23(27)26-14-2-13-25(15-16-26)17-18-29-22-10-6-20(24)7-11-22/h3-4,6-11H,2,5,12-18H2,1H3. The highest BCUT2D eigenvalue weighted by molar-refractivity contribution is 6.30. The second-order valence-electron chi connectivity index (χ2n) is 7.23. The van der Waals surface area contributed by atoms with Gasteiger partial charge in [-0.1, -0.05) is 23.7 Å². The van der Waals surface area contributed by atoms with E-state index >= 15 is 0 Å². The van der Waals surface area contributed by atoms with Crippen LogP contribution in [0.25, 0.3) is 0 Å². The second kappa shape index (κ2) is 11.1. The van der Waals surface area contributed by atoms with Crippen LogP contribution in [0.3, 0.4) is 0 Å². The van der Waals surface area contributed by atoms with Crippen molar-refractivity contribution < 1.29 is 14.3 Å². The number of hydrogen-bond donors (Lipinski definition) is 0. The van der Waals surface area contributed by atoms with Gasteiger partial charge in [-0.25, -0.2) is 0 Å². The van der Waals surface area contributed by atoms with Gasteiger partial charge >= 0.3 is 0 Å². The molecule has 1 saturated heterocycles. The molecule has 156 valence electrons. The fourth-order valence-corrected chi connectivity index (χ4v) is 3.59. The average molecular weight is 417 g/mol. The molecule has 0 radical (unpaired) electrons. The fourth-order valence-electron chi connectivity index (χ4n) is 3.47. The third-order valence-corrected chi connectivity index (χ3v) is 5.47. The maximum absolute atomic E-state index is 12.6. The molecule has 29 heavy (non-hydrogen) atoms. The van der Waals surface area contributed by atoms with Crippen LogP contribution >= 0.6 is 11.6 Å². The number of ether oxygens (including phenoxy) is 2. The van der Waals surface area contributed by atoms with E-state index in [2.05, 4.69) is 4.90 Å². The molecule has 0 atom stereocenters.